The molecular formula is C46H80O13P2. The van der Waals surface area contributed by atoms with Crippen LogP contribution in [0.1, 0.15) is 168 Å². The van der Waals surface area contributed by atoms with E-state index in [9.17, 15) is 28.7 Å². The van der Waals surface area contributed by atoms with Gasteiger partial charge in [0.25, 0.3) is 0 Å². The highest BCUT2D eigenvalue weighted by Gasteiger charge is 2.28. The lowest BCUT2D eigenvalue weighted by molar-refractivity contribution is -0.161. The summed E-state index contributed by atoms with van der Waals surface area (Å²) in [4.78, 5) is 52.7. The number of aliphatic hydroxyl groups is 1. The Bertz CT molecular complexity index is 1350. The van der Waals surface area contributed by atoms with Gasteiger partial charge >= 0.3 is 27.6 Å². The minimum absolute atomic E-state index is 0.0874. The van der Waals surface area contributed by atoms with Gasteiger partial charge in [-0.1, -0.05) is 138 Å². The van der Waals surface area contributed by atoms with Crippen LogP contribution >= 0.6 is 15.6 Å². The first-order chi connectivity index (χ1) is 29.4. The number of rotatable bonds is 42. The van der Waals surface area contributed by atoms with Crippen LogP contribution in [0.2, 0.25) is 0 Å². The van der Waals surface area contributed by atoms with Crippen molar-refractivity contribution in [2.75, 3.05) is 26.4 Å². The largest absolute Gasteiger partial charge is 0.472 e. The van der Waals surface area contributed by atoms with Crippen LogP contribution in [0, 0.1) is 0 Å². The number of phosphoric acid groups is 2. The third-order valence-electron chi connectivity index (χ3n) is 9.06. The summed E-state index contributed by atoms with van der Waals surface area (Å²) in [6.45, 7) is 1.65. The quantitative estimate of drug-likeness (QED) is 0.0196. The van der Waals surface area contributed by atoms with E-state index < -0.39 is 66.2 Å². The molecule has 0 saturated carbocycles. The molecule has 1 unspecified atom stereocenters. The van der Waals surface area contributed by atoms with E-state index in [-0.39, 0.29) is 12.8 Å². The van der Waals surface area contributed by atoms with E-state index in [4.69, 9.17) is 23.8 Å². The van der Waals surface area contributed by atoms with Crippen molar-refractivity contribution in [3.05, 3.63) is 72.9 Å². The van der Waals surface area contributed by atoms with Crippen LogP contribution < -0.4 is 0 Å². The number of hydrogen-bond donors (Lipinski definition) is 4. The summed E-state index contributed by atoms with van der Waals surface area (Å²) in [6, 6.07) is 0. The molecule has 0 amide bonds. The van der Waals surface area contributed by atoms with Gasteiger partial charge < -0.3 is 29.3 Å². The maximum atomic E-state index is 12.7. The minimum Gasteiger partial charge on any atom is -0.462 e. The summed E-state index contributed by atoms with van der Waals surface area (Å²) in [6.07, 6.45) is 46.0. The first kappa shape index (κ1) is 58.6. The van der Waals surface area contributed by atoms with Crippen molar-refractivity contribution in [2.45, 2.75) is 180 Å². The molecule has 0 aromatic heterocycles. The van der Waals surface area contributed by atoms with Crippen molar-refractivity contribution in [1.29, 1.82) is 0 Å². The van der Waals surface area contributed by atoms with Gasteiger partial charge in [0.2, 0.25) is 0 Å². The Hall–Kier alpha value is -2.44. The first-order valence-electron chi connectivity index (χ1n) is 22.6. The number of unbranched alkanes of at least 4 members (excludes halogenated alkanes) is 14. The van der Waals surface area contributed by atoms with Crippen LogP contribution in [-0.2, 0) is 41.8 Å². The number of phosphoric ester groups is 2. The van der Waals surface area contributed by atoms with Gasteiger partial charge in [-0.25, -0.2) is 9.13 Å². The Morgan fingerprint density at radius 3 is 1.33 bits per heavy atom. The summed E-state index contributed by atoms with van der Waals surface area (Å²) in [5, 5.41) is 9.75. The zero-order valence-corrected chi connectivity index (χ0v) is 39.0. The number of allylic oxidation sites excluding steroid dienone is 12. The molecule has 15 heteroatoms. The zero-order chi connectivity index (χ0) is 45.1. The fourth-order valence-electron chi connectivity index (χ4n) is 5.60. The van der Waals surface area contributed by atoms with Crippen molar-refractivity contribution in [2.24, 2.45) is 0 Å². The van der Waals surface area contributed by atoms with E-state index in [1.54, 1.807) is 0 Å². The van der Waals surface area contributed by atoms with Crippen LogP contribution in [0.3, 0.4) is 0 Å². The Kier molecular flexibility index (Phi) is 39.9. The summed E-state index contributed by atoms with van der Waals surface area (Å²) < 4.78 is 47.8. The summed E-state index contributed by atoms with van der Waals surface area (Å²) in [5.74, 6) is -1.09. The van der Waals surface area contributed by atoms with E-state index in [1.165, 1.54) is 38.5 Å². The van der Waals surface area contributed by atoms with Crippen molar-refractivity contribution in [3.63, 3.8) is 0 Å². The second kappa shape index (κ2) is 41.6. The molecule has 0 fully saturated rings. The maximum absolute atomic E-state index is 12.7. The lowest BCUT2D eigenvalue weighted by Crippen LogP contribution is -2.30. The predicted molar refractivity (Wildman–Crippen MR) is 244 cm³/mol. The van der Waals surface area contributed by atoms with Gasteiger partial charge in [-0.2, -0.15) is 0 Å². The molecule has 3 atom stereocenters. The summed E-state index contributed by atoms with van der Waals surface area (Å²) in [7, 11) is -9.69. The van der Waals surface area contributed by atoms with E-state index in [0.29, 0.717) is 12.8 Å². The lowest BCUT2D eigenvalue weighted by atomic mass is 10.1. The van der Waals surface area contributed by atoms with Crippen LogP contribution in [0.4, 0.5) is 0 Å². The normalized spacial score (nSPS) is 14.7. The molecule has 0 aliphatic carbocycles. The average molecular weight is 903 g/mol. The monoisotopic (exact) mass is 903 g/mol. The second-order valence-electron chi connectivity index (χ2n) is 15.0. The highest BCUT2D eigenvalue weighted by atomic mass is 31.2. The van der Waals surface area contributed by atoms with Crippen molar-refractivity contribution < 1.29 is 61.6 Å². The molecule has 0 aromatic rings. The van der Waals surface area contributed by atoms with E-state index >= 15 is 0 Å². The fraction of sp³-hybridized carbons (Fsp3) is 0.696. The molecule has 0 aliphatic rings. The molecule has 0 spiro atoms. The van der Waals surface area contributed by atoms with E-state index in [1.807, 2.05) is 0 Å². The highest BCUT2D eigenvalue weighted by molar-refractivity contribution is 7.47. The van der Waals surface area contributed by atoms with Gasteiger partial charge in [-0.3, -0.25) is 23.2 Å². The second-order valence-corrected chi connectivity index (χ2v) is 17.7. The standard InChI is InChI=1S/C46H80O13P2/c1-3-5-7-9-11-13-15-17-19-20-21-22-24-26-28-30-32-34-36-38-46(49)59-44(42-58-61(53,54)57-40-43(47)39-56-60(50,51)52)41-55-45(48)37-35-33-31-29-27-25-23-18-16-14-12-10-8-6-4-2/h11-14,17-19,21-23,26,28,43-44,47H,3-10,15-16,20,24-25,27,29-42H2,1-2H3,(H,53,54)(H2,50,51,52)/b13-11-,14-12-,19-17-,22-21-,23-18-,28-26-/t43-,44+/m0/s1. The fourth-order valence-corrected chi connectivity index (χ4v) is 6.75. The molecule has 352 valence electrons. The molecule has 0 bridgehead atoms. The third-order valence-corrected chi connectivity index (χ3v) is 10.5. The molecule has 0 saturated heterocycles. The number of hydrogen-bond acceptors (Lipinski definition) is 10. The Balaban J connectivity index is 4.60. The molecule has 0 heterocycles. The molecular weight excluding hydrogens is 822 g/mol. The number of aliphatic hydroxyl groups excluding tert-OH is 1. The Morgan fingerprint density at radius 2 is 0.852 bits per heavy atom. The molecule has 0 radical (unpaired) electrons. The smallest absolute Gasteiger partial charge is 0.462 e. The van der Waals surface area contributed by atoms with Gasteiger partial charge in [-0.15, -0.1) is 0 Å². The van der Waals surface area contributed by atoms with Gasteiger partial charge in [0, 0.05) is 12.8 Å². The SMILES string of the molecule is CCCCC/C=C\C/C=C\C/C=C\C/C=C\CCCCCC(=O)O[C@H](COC(=O)CCCCCCC/C=C\C/C=C\CCCCC)COP(=O)(O)OC[C@@H](O)COP(=O)(O)O. The van der Waals surface area contributed by atoms with Crippen molar-refractivity contribution in [1.82, 2.24) is 0 Å². The van der Waals surface area contributed by atoms with E-state index in [0.717, 1.165) is 89.9 Å². The molecule has 0 aromatic carbocycles. The molecule has 4 N–H and O–H groups in total. The number of ether oxygens (including phenoxy) is 2. The molecule has 61 heavy (non-hydrogen) atoms. The maximum Gasteiger partial charge on any atom is 0.472 e. The predicted octanol–water partition coefficient (Wildman–Crippen LogP) is 11.8. The van der Waals surface area contributed by atoms with Crippen LogP contribution in [0.5, 0.6) is 0 Å². The summed E-state index contributed by atoms with van der Waals surface area (Å²) >= 11 is 0. The van der Waals surface area contributed by atoms with Crippen LogP contribution in [-0.4, -0.2) is 70.4 Å². The van der Waals surface area contributed by atoms with Gasteiger partial charge in [-0.05, 0) is 89.9 Å². The van der Waals surface area contributed by atoms with Crippen LogP contribution in [0.15, 0.2) is 72.9 Å². The van der Waals surface area contributed by atoms with Crippen molar-refractivity contribution >= 4 is 27.6 Å². The number of carbonyl (C=O) groups excluding carboxylic acids is 2. The molecule has 0 aliphatic heterocycles. The summed E-state index contributed by atoms with van der Waals surface area (Å²) in [5.41, 5.74) is 0. The van der Waals surface area contributed by atoms with Gasteiger partial charge in [0.05, 0.1) is 19.8 Å². The third kappa shape index (κ3) is 45.4. The minimum atomic E-state index is -4.87. The van der Waals surface area contributed by atoms with Gasteiger partial charge in [0.15, 0.2) is 6.10 Å². The highest BCUT2D eigenvalue weighted by Crippen LogP contribution is 2.43. The lowest BCUT2D eigenvalue weighted by Gasteiger charge is -2.20. The van der Waals surface area contributed by atoms with Crippen LogP contribution in [0.25, 0.3) is 0 Å². The zero-order valence-electron chi connectivity index (χ0n) is 37.2. The number of carbonyl (C=O) groups is 2. The topological polar surface area (TPSA) is 195 Å². The molecule has 13 nitrogen and oxygen atoms in total. The Labute approximate surface area is 367 Å². The Morgan fingerprint density at radius 1 is 0.475 bits per heavy atom. The average Bonchev–Trinajstić information content (AvgIpc) is 3.22. The van der Waals surface area contributed by atoms with Crippen molar-refractivity contribution in [3.8, 4) is 0 Å². The first-order valence-corrected chi connectivity index (χ1v) is 25.7. The van der Waals surface area contributed by atoms with E-state index in [2.05, 4.69) is 95.8 Å². The van der Waals surface area contributed by atoms with Gasteiger partial charge in [0.1, 0.15) is 12.7 Å². The molecule has 0 rings (SSSR count). The number of esters is 2.